The highest BCUT2D eigenvalue weighted by atomic mass is 16.5. The fraction of sp³-hybridized carbons (Fsp3) is 0.833. The lowest BCUT2D eigenvalue weighted by atomic mass is 10.2. The first-order valence-electron chi connectivity index (χ1n) is 6.45. The average molecular weight is 258 g/mol. The van der Waals surface area contributed by atoms with E-state index >= 15 is 0 Å². The molecule has 1 unspecified atom stereocenters. The molecule has 104 valence electrons. The van der Waals surface area contributed by atoms with Crippen LogP contribution in [0.5, 0.6) is 0 Å². The van der Waals surface area contributed by atoms with Crippen molar-refractivity contribution in [1.29, 1.82) is 0 Å². The monoisotopic (exact) mass is 258 g/mol. The molecular formula is C12H22N2O4. The lowest BCUT2D eigenvalue weighted by molar-refractivity contribution is -0.137. The zero-order valence-corrected chi connectivity index (χ0v) is 10.8. The van der Waals surface area contributed by atoms with Gasteiger partial charge in [0.2, 0.25) is 0 Å². The standard InChI is InChI=1S/C12H22N2O4/c1-9(8-11(15)16)14-12(17)13-6-7-18-10-4-2-3-5-10/h9-10H,2-8H2,1H3,(H,15,16)(H2,13,14,17). The van der Waals surface area contributed by atoms with Gasteiger partial charge < -0.3 is 20.5 Å². The zero-order valence-electron chi connectivity index (χ0n) is 10.8. The van der Waals surface area contributed by atoms with E-state index in [0.717, 1.165) is 12.8 Å². The van der Waals surface area contributed by atoms with Gasteiger partial charge >= 0.3 is 12.0 Å². The molecule has 0 spiro atoms. The molecule has 0 aliphatic heterocycles. The molecule has 0 aromatic carbocycles. The van der Waals surface area contributed by atoms with Gasteiger partial charge in [0.25, 0.3) is 0 Å². The minimum atomic E-state index is -0.924. The van der Waals surface area contributed by atoms with E-state index in [1.165, 1.54) is 12.8 Å². The molecule has 1 atom stereocenters. The summed E-state index contributed by atoms with van der Waals surface area (Å²) in [4.78, 5) is 21.8. The van der Waals surface area contributed by atoms with Gasteiger partial charge in [-0.15, -0.1) is 0 Å². The Morgan fingerprint density at radius 1 is 1.39 bits per heavy atom. The molecule has 1 aliphatic rings. The third-order valence-corrected chi connectivity index (χ3v) is 2.90. The average Bonchev–Trinajstić information content (AvgIpc) is 2.75. The van der Waals surface area contributed by atoms with Gasteiger partial charge in [0, 0.05) is 12.6 Å². The van der Waals surface area contributed by atoms with E-state index < -0.39 is 5.97 Å². The van der Waals surface area contributed by atoms with E-state index in [4.69, 9.17) is 9.84 Å². The largest absolute Gasteiger partial charge is 0.481 e. The van der Waals surface area contributed by atoms with Crippen LogP contribution in [0.4, 0.5) is 4.79 Å². The Morgan fingerprint density at radius 2 is 2.06 bits per heavy atom. The third kappa shape index (κ3) is 6.44. The Labute approximate surface area is 107 Å². The number of nitrogens with one attached hydrogen (secondary N) is 2. The zero-order chi connectivity index (χ0) is 13.4. The van der Waals surface area contributed by atoms with Crippen molar-refractivity contribution < 1.29 is 19.4 Å². The molecule has 6 nitrogen and oxygen atoms in total. The summed E-state index contributed by atoms with van der Waals surface area (Å²) >= 11 is 0. The van der Waals surface area contributed by atoms with Gasteiger partial charge in [-0.1, -0.05) is 12.8 Å². The highest BCUT2D eigenvalue weighted by Gasteiger charge is 2.15. The van der Waals surface area contributed by atoms with Crippen LogP contribution in [0.25, 0.3) is 0 Å². The normalized spacial score (nSPS) is 17.4. The summed E-state index contributed by atoms with van der Waals surface area (Å²) in [6.45, 7) is 2.61. The summed E-state index contributed by atoms with van der Waals surface area (Å²) < 4.78 is 5.59. The number of carboxylic acid groups (broad SMARTS) is 1. The van der Waals surface area contributed by atoms with Crippen molar-refractivity contribution in [3.63, 3.8) is 0 Å². The number of carbonyl (C=O) groups is 2. The van der Waals surface area contributed by atoms with Gasteiger partial charge in [0.05, 0.1) is 19.1 Å². The summed E-state index contributed by atoms with van der Waals surface area (Å²) in [7, 11) is 0. The fourth-order valence-electron chi connectivity index (χ4n) is 2.03. The molecule has 0 aromatic heterocycles. The van der Waals surface area contributed by atoms with Crippen LogP contribution in [0, 0.1) is 0 Å². The van der Waals surface area contributed by atoms with Crippen LogP contribution in [0.1, 0.15) is 39.0 Å². The lowest BCUT2D eigenvalue weighted by Gasteiger charge is -2.14. The van der Waals surface area contributed by atoms with Crippen LogP contribution in [0.15, 0.2) is 0 Å². The quantitative estimate of drug-likeness (QED) is 0.597. The smallest absolute Gasteiger partial charge is 0.315 e. The van der Waals surface area contributed by atoms with Crippen molar-refractivity contribution in [2.45, 2.75) is 51.2 Å². The Hall–Kier alpha value is -1.30. The highest BCUT2D eigenvalue weighted by Crippen LogP contribution is 2.20. The molecule has 0 saturated heterocycles. The molecule has 2 amide bonds. The number of hydrogen-bond donors (Lipinski definition) is 3. The predicted molar refractivity (Wildman–Crippen MR) is 66.5 cm³/mol. The Kier molecular flexibility index (Phi) is 6.49. The van der Waals surface area contributed by atoms with Crippen LogP contribution >= 0.6 is 0 Å². The summed E-state index contributed by atoms with van der Waals surface area (Å²) in [6, 6.07) is -0.725. The minimum Gasteiger partial charge on any atom is -0.481 e. The van der Waals surface area contributed by atoms with Crippen LogP contribution < -0.4 is 10.6 Å². The summed E-state index contributed by atoms with van der Waals surface area (Å²) in [5, 5.41) is 13.7. The van der Waals surface area contributed by atoms with Crippen LogP contribution in [-0.2, 0) is 9.53 Å². The maximum absolute atomic E-state index is 11.4. The maximum atomic E-state index is 11.4. The van der Waals surface area contributed by atoms with Crippen molar-refractivity contribution in [3.8, 4) is 0 Å². The number of ether oxygens (including phenoxy) is 1. The number of amides is 2. The van der Waals surface area contributed by atoms with E-state index in [2.05, 4.69) is 10.6 Å². The molecule has 3 N–H and O–H groups in total. The highest BCUT2D eigenvalue weighted by molar-refractivity contribution is 5.75. The van der Waals surface area contributed by atoms with E-state index in [-0.39, 0.29) is 18.5 Å². The van der Waals surface area contributed by atoms with E-state index in [1.54, 1.807) is 6.92 Å². The lowest BCUT2D eigenvalue weighted by Crippen LogP contribution is -2.42. The predicted octanol–water partition coefficient (Wildman–Crippen LogP) is 1.11. The van der Waals surface area contributed by atoms with Crippen molar-refractivity contribution in [1.82, 2.24) is 10.6 Å². The van der Waals surface area contributed by atoms with Gasteiger partial charge in [0.15, 0.2) is 0 Å². The first-order valence-corrected chi connectivity index (χ1v) is 6.45. The maximum Gasteiger partial charge on any atom is 0.315 e. The van der Waals surface area contributed by atoms with Gasteiger partial charge in [-0.25, -0.2) is 4.79 Å². The van der Waals surface area contributed by atoms with Crippen molar-refractivity contribution in [3.05, 3.63) is 0 Å². The number of hydrogen-bond acceptors (Lipinski definition) is 3. The van der Waals surface area contributed by atoms with Crippen molar-refractivity contribution >= 4 is 12.0 Å². The molecule has 18 heavy (non-hydrogen) atoms. The Balaban J connectivity index is 2.00. The molecule has 1 rings (SSSR count). The van der Waals surface area contributed by atoms with Gasteiger partial charge in [0.1, 0.15) is 0 Å². The van der Waals surface area contributed by atoms with Gasteiger partial charge in [-0.05, 0) is 19.8 Å². The molecule has 0 aromatic rings. The fourth-order valence-corrected chi connectivity index (χ4v) is 2.03. The van der Waals surface area contributed by atoms with Gasteiger partial charge in [-0.3, -0.25) is 4.79 Å². The molecule has 1 saturated carbocycles. The Bertz CT molecular complexity index is 277. The molecule has 0 bridgehead atoms. The van der Waals surface area contributed by atoms with Crippen molar-refractivity contribution in [2.75, 3.05) is 13.2 Å². The summed E-state index contributed by atoms with van der Waals surface area (Å²) in [6.07, 6.45) is 4.95. The SMILES string of the molecule is CC(CC(=O)O)NC(=O)NCCOC1CCCC1. The molecule has 0 radical (unpaired) electrons. The second-order valence-electron chi connectivity index (χ2n) is 4.68. The number of rotatable bonds is 7. The first kappa shape index (κ1) is 14.8. The molecule has 1 fully saturated rings. The van der Waals surface area contributed by atoms with Crippen molar-refractivity contribution in [2.24, 2.45) is 0 Å². The van der Waals surface area contributed by atoms with E-state index in [9.17, 15) is 9.59 Å². The Morgan fingerprint density at radius 3 is 2.67 bits per heavy atom. The third-order valence-electron chi connectivity index (χ3n) is 2.90. The minimum absolute atomic E-state index is 0.0774. The second kappa shape index (κ2) is 7.92. The molecule has 6 heteroatoms. The second-order valence-corrected chi connectivity index (χ2v) is 4.68. The first-order chi connectivity index (χ1) is 8.58. The molecule has 0 heterocycles. The van der Waals surface area contributed by atoms with Crippen LogP contribution in [0.3, 0.4) is 0 Å². The number of urea groups is 1. The number of aliphatic carboxylic acids is 1. The van der Waals surface area contributed by atoms with E-state index in [0.29, 0.717) is 19.3 Å². The molecule has 1 aliphatic carbocycles. The van der Waals surface area contributed by atoms with Crippen LogP contribution in [0.2, 0.25) is 0 Å². The number of carboxylic acids is 1. The van der Waals surface area contributed by atoms with Crippen LogP contribution in [-0.4, -0.2) is 42.4 Å². The summed E-state index contributed by atoms with van der Waals surface area (Å²) in [5.41, 5.74) is 0. The molecular weight excluding hydrogens is 236 g/mol. The van der Waals surface area contributed by atoms with E-state index in [1.807, 2.05) is 0 Å². The van der Waals surface area contributed by atoms with Gasteiger partial charge in [-0.2, -0.15) is 0 Å². The summed E-state index contributed by atoms with van der Waals surface area (Å²) in [5.74, 6) is -0.924. The topological polar surface area (TPSA) is 87.7 Å². The number of carbonyl (C=O) groups excluding carboxylic acids is 1.